The smallest absolute Gasteiger partial charge is 0.307 e. The van der Waals surface area contributed by atoms with Gasteiger partial charge in [0, 0.05) is 13.1 Å². The molecule has 1 amide bonds. The number of carboxylic acids is 1. The third-order valence-corrected chi connectivity index (χ3v) is 4.27. The van der Waals surface area contributed by atoms with Crippen LogP contribution in [0.2, 0.25) is 0 Å². The quantitative estimate of drug-likeness (QED) is 0.897. The molecule has 0 spiro atoms. The van der Waals surface area contributed by atoms with E-state index in [1.807, 2.05) is 51.1 Å². The molecule has 1 saturated carbocycles. The van der Waals surface area contributed by atoms with Gasteiger partial charge in [0.05, 0.1) is 11.8 Å². The third-order valence-electron chi connectivity index (χ3n) is 4.27. The molecule has 0 unspecified atom stereocenters. The van der Waals surface area contributed by atoms with Crippen molar-refractivity contribution in [3.63, 3.8) is 0 Å². The average Bonchev–Trinajstić information content (AvgIpc) is 2.99. The number of benzene rings is 1. The summed E-state index contributed by atoms with van der Waals surface area (Å²) >= 11 is 0. The van der Waals surface area contributed by atoms with E-state index < -0.39 is 23.2 Å². The maximum atomic E-state index is 12.5. The number of amides is 1. The Morgan fingerprint density at radius 1 is 1.20 bits per heavy atom. The standard InChI is InChI=1S/C16H21NO3/c1-4-17(10-11-8-6-5-7-9-11)14(18)12-13(15(19)20)16(12,2)3/h5-9,12-13H,4,10H2,1-3H3,(H,19,20)/t12-,13+/m1/s1. The second-order valence-electron chi connectivity index (χ2n) is 5.95. The molecule has 1 fully saturated rings. The topological polar surface area (TPSA) is 57.6 Å². The van der Waals surface area contributed by atoms with Gasteiger partial charge in [-0.1, -0.05) is 44.2 Å². The lowest BCUT2D eigenvalue weighted by Gasteiger charge is -2.21. The van der Waals surface area contributed by atoms with Crippen LogP contribution < -0.4 is 0 Å². The number of hydrogen-bond acceptors (Lipinski definition) is 2. The summed E-state index contributed by atoms with van der Waals surface area (Å²) in [5.41, 5.74) is 0.626. The predicted octanol–water partition coefficient (Wildman–Crippen LogP) is 2.39. The minimum absolute atomic E-state index is 0.0475. The highest BCUT2D eigenvalue weighted by molar-refractivity contribution is 5.91. The molecule has 108 valence electrons. The summed E-state index contributed by atoms with van der Waals surface area (Å²) in [5.74, 6) is -1.87. The molecule has 1 aliphatic rings. The minimum Gasteiger partial charge on any atom is -0.481 e. The average molecular weight is 275 g/mol. The summed E-state index contributed by atoms with van der Waals surface area (Å²) in [6, 6.07) is 9.76. The lowest BCUT2D eigenvalue weighted by molar-refractivity contribution is -0.142. The van der Waals surface area contributed by atoms with Gasteiger partial charge in [0.1, 0.15) is 0 Å². The monoisotopic (exact) mass is 275 g/mol. The van der Waals surface area contributed by atoms with E-state index in [-0.39, 0.29) is 5.91 Å². The maximum Gasteiger partial charge on any atom is 0.307 e. The van der Waals surface area contributed by atoms with Crippen LogP contribution in [0.15, 0.2) is 30.3 Å². The van der Waals surface area contributed by atoms with E-state index in [2.05, 4.69) is 0 Å². The zero-order valence-corrected chi connectivity index (χ0v) is 12.2. The molecular weight excluding hydrogens is 254 g/mol. The number of rotatable bonds is 5. The van der Waals surface area contributed by atoms with E-state index >= 15 is 0 Å². The zero-order chi connectivity index (χ0) is 14.9. The summed E-state index contributed by atoms with van der Waals surface area (Å²) in [7, 11) is 0. The van der Waals surface area contributed by atoms with Crippen molar-refractivity contribution in [2.24, 2.45) is 17.3 Å². The number of nitrogens with zero attached hydrogens (tertiary/aromatic N) is 1. The number of carbonyl (C=O) groups is 2. The first-order valence-corrected chi connectivity index (χ1v) is 6.95. The Morgan fingerprint density at radius 3 is 2.25 bits per heavy atom. The first-order chi connectivity index (χ1) is 9.39. The maximum absolute atomic E-state index is 12.5. The van der Waals surface area contributed by atoms with Crippen molar-refractivity contribution in [2.75, 3.05) is 6.54 Å². The van der Waals surface area contributed by atoms with Crippen LogP contribution in [-0.2, 0) is 16.1 Å². The van der Waals surface area contributed by atoms with Crippen LogP contribution in [-0.4, -0.2) is 28.4 Å². The van der Waals surface area contributed by atoms with Gasteiger partial charge in [0.25, 0.3) is 0 Å². The van der Waals surface area contributed by atoms with Crippen molar-refractivity contribution in [2.45, 2.75) is 27.3 Å². The first kappa shape index (κ1) is 14.6. The van der Waals surface area contributed by atoms with Crippen molar-refractivity contribution in [1.29, 1.82) is 0 Å². The molecule has 0 saturated heterocycles. The van der Waals surface area contributed by atoms with Crippen LogP contribution in [0.25, 0.3) is 0 Å². The van der Waals surface area contributed by atoms with Gasteiger partial charge in [0.15, 0.2) is 0 Å². The molecule has 1 aromatic rings. The van der Waals surface area contributed by atoms with Crippen LogP contribution in [0.5, 0.6) is 0 Å². The Labute approximate surface area is 119 Å². The molecule has 0 bridgehead atoms. The molecule has 0 aromatic heterocycles. The van der Waals surface area contributed by atoms with Gasteiger partial charge in [0.2, 0.25) is 5.91 Å². The second kappa shape index (κ2) is 5.27. The van der Waals surface area contributed by atoms with E-state index in [0.29, 0.717) is 13.1 Å². The van der Waals surface area contributed by atoms with E-state index in [1.54, 1.807) is 4.90 Å². The summed E-state index contributed by atoms with van der Waals surface area (Å²) in [4.78, 5) is 25.5. The van der Waals surface area contributed by atoms with Gasteiger partial charge in [-0.3, -0.25) is 9.59 Å². The van der Waals surface area contributed by atoms with E-state index in [4.69, 9.17) is 0 Å². The molecule has 2 atom stereocenters. The Bertz CT molecular complexity index is 510. The highest BCUT2D eigenvalue weighted by atomic mass is 16.4. The van der Waals surface area contributed by atoms with Gasteiger partial charge >= 0.3 is 5.97 Å². The highest BCUT2D eigenvalue weighted by Crippen LogP contribution is 2.59. The molecule has 20 heavy (non-hydrogen) atoms. The normalized spacial score (nSPS) is 23.1. The highest BCUT2D eigenvalue weighted by Gasteiger charge is 2.66. The van der Waals surface area contributed by atoms with E-state index in [0.717, 1.165) is 5.56 Å². The number of hydrogen-bond donors (Lipinski definition) is 1. The van der Waals surface area contributed by atoms with Crippen molar-refractivity contribution < 1.29 is 14.7 Å². The fourth-order valence-corrected chi connectivity index (χ4v) is 2.91. The fourth-order valence-electron chi connectivity index (χ4n) is 2.91. The minimum atomic E-state index is -0.871. The van der Waals surface area contributed by atoms with Crippen LogP contribution in [0, 0.1) is 17.3 Å². The van der Waals surface area contributed by atoms with Crippen LogP contribution in [0.3, 0.4) is 0 Å². The van der Waals surface area contributed by atoms with Crippen molar-refractivity contribution in [1.82, 2.24) is 4.90 Å². The Hall–Kier alpha value is -1.84. The van der Waals surface area contributed by atoms with Gasteiger partial charge < -0.3 is 10.0 Å². The second-order valence-corrected chi connectivity index (χ2v) is 5.95. The van der Waals surface area contributed by atoms with Gasteiger partial charge in [-0.25, -0.2) is 0 Å². The van der Waals surface area contributed by atoms with Crippen molar-refractivity contribution in [3.8, 4) is 0 Å². The molecule has 4 nitrogen and oxygen atoms in total. The summed E-state index contributed by atoms with van der Waals surface area (Å²) in [6.07, 6.45) is 0. The molecule has 2 rings (SSSR count). The molecule has 0 radical (unpaired) electrons. The van der Waals surface area contributed by atoms with Crippen molar-refractivity contribution in [3.05, 3.63) is 35.9 Å². The Kier molecular flexibility index (Phi) is 3.84. The number of aliphatic carboxylic acids is 1. The third kappa shape index (κ3) is 2.55. The lowest BCUT2D eigenvalue weighted by atomic mass is 10.1. The SMILES string of the molecule is CCN(Cc1ccccc1)C(=O)[C@H]1[C@@H](C(=O)O)C1(C)C. The predicted molar refractivity (Wildman–Crippen MR) is 75.9 cm³/mol. The molecule has 4 heteroatoms. The number of carbonyl (C=O) groups excluding carboxylic acids is 1. The molecule has 1 aliphatic carbocycles. The zero-order valence-electron chi connectivity index (χ0n) is 12.2. The van der Waals surface area contributed by atoms with Gasteiger partial charge in [-0.15, -0.1) is 0 Å². The van der Waals surface area contributed by atoms with Crippen molar-refractivity contribution >= 4 is 11.9 Å². The Balaban J connectivity index is 2.09. The van der Waals surface area contributed by atoms with Crippen LogP contribution >= 0.6 is 0 Å². The Morgan fingerprint density at radius 2 is 1.80 bits per heavy atom. The molecule has 1 N–H and O–H groups in total. The number of carboxylic acid groups (broad SMARTS) is 1. The molecule has 1 aromatic carbocycles. The summed E-state index contributed by atoms with van der Waals surface area (Å²) < 4.78 is 0. The van der Waals surface area contributed by atoms with Crippen LogP contribution in [0.4, 0.5) is 0 Å². The largest absolute Gasteiger partial charge is 0.481 e. The van der Waals surface area contributed by atoms with Gasteiger partial charge in [-0.2, -0.15) is 0 Å². The van der Waals surface area contributed by atoms with Crippen LogP contribution in [0.1, 0.15) is 26.3 Å². The van der Waals surface area contributed by atoms with E-state index in [9.17, 15) is 14.7 Å². The fraction of sp³-hybridized carbons (Fsp3) is 0.500. The molecular formula is C16H21NO3. The lowest BCUT2D eigenvalue weighted by Crippen LogP contribution is -2.33. The molecule has 0 aliphatic heterocycles. The first-order valence-electron chi connectivity index (χ1n) is 6.95. The molecule has 0 heterocycles. The van der Waals surface area contributed by atoms with Gasteiger partial charge in [-0.05, 0) is 17.9 Å². The summed E-state index contributed by atoms with van der Waals surface area (Å²) in [5, 5.41) is 9.18. The summed E-state index contributed by atoms with van der Waals surface area (Å²) in [6.45, 7) is 6.75. The van der Waals surface area contributed by atoms with E-state index in [1.165, 1.54) is 0 Å².